The maximum Gasteiger partial charge on any atom is 0.205 e. The molecule has 0 amide bonds. The molecule has 2 N–H and O–H groups in total. The van der Waals surface area contributed by atoms with E-state index in [0.29, 0.717) is 48.9 Å². The number of nitriles is 1. The van der Waals surface area contributed by atoms with Gasteiger partial charge in [0, 0.05) is 18.4 Å². The SMILES string of the molecule is CCOc1cc([C@H]2C(C#N)=C(N)OC3=C2C(=O)CC(C)(C)C3)ccc1OCc1ccccc1. The highest BCUT2D eigenvalue weighted by molar-refractivity contribution is 6.00. The Morgan fingerprint density at radius 2 is 1.88 bits per heavy atom. The van der Waals surface area contributed by atoms with Crippen LogP contribution in [0.3, 0.4) is 0 Å². The van der Waals surface area contributed by atoms with Crippen LogP contribution in [0.4, 0.5) is 0 Å². The Labute approximate surface area is 194 Å². The molecule has 4 rings (SSSR count). The van der Waals surface area contributed by atoms with E-state index in [2.05, 4.69) is 6.07 Å². The van der Waals surface area contributed by atoms with Gasteiger partial charge in [0.1, 0.15) is 24.0 Å². The van der Waals surface area contributed by atoms with Crippen molar-refractivity contribution in [1.82, 2.24) is 0 Å². The van der Waals surface area contributed by atoms with Gasteiger partial charge in [-0.15, -0.1) is 0 Å². The molecule has 6 heteroatoms. The van der Waals surface area contributed by atoms with Crippen molar-refractivity contribution in [3.05, 3.63) is 82.4 Å². The van der Waals surface area contributed by atoms with Crippen molar-refractivity contribution >= 4 is 5.78 Å². The fraction of sp³-hybridized carbons (Fsp3) is 0.333. The molecule has 0 saturated carbocycles. The Hall–Kier alpha value is -3.72. The third-order valence-electron chi connectivity index (χ3n) is 5.91. The summed E-state index contributed by atoms with van der Waals surface area (Å²) in [5, 5.41) is 9.85. The summed E-state index contributed by atoms with van der Waals surface area (Å²) in [5.41, 5.74) is 8.44. The third kappa shape index (κ3) is 4.58. The van der Waals surface area contributed by atoms with Crippen LogP contribution in [0.1, 0.15) is 50.7 Å². The number of nitrogens with two attached hydrogens (primary N) is 1. The highest BCUT2D eigenvalue weighted by Crippen LogP contribution is 2.48. The van der Waals surface area contributed by atoms with E-state index in [1.807, 2.05) is 69.3 Å². The second kappa shape index (κ2) is 9.03. The molecule has 2 aromatic rings. The number of Topliss-reactive ketones (excluding diaryl/α,β-unsaturated/α-hetero) is 1. The number of nitrogens with zero attached hydrogens (tertiary/aromatic N) is 1. The van der Waals surface area contributed by atoms with E-state index in [0.717, 1.165) is 11.1 Å². The first-order valence-electron chi connectivity index (χ1n) is 11.1. The molecule has 2 aliphatic rings. The highest BCUT2D eigenvalue weighted by atomic mass is 16.5. The number of allylic oxidation sites excluding steroid dienone is 3. The Morgan fingerprint density at radius 3 is 2.58 bits per heavy atom. The van der Waals surface area contributed by atoms with Gasteiger partial charge >= 0.3 is 0 Å². The normalized spacial score (nSPS) is 19.5. The molecule has 0 spiro atoms. The molecular weight excluding hydrogens is 416 g/mol. The third-order valence-corrected chi connectivity index (χ3v) is 5.91. The minimum Gasteiger partial charge on any atom is -0.490 e. The number of carbonyl (C=O) groups is 1. The predicted octanol–water partition coefficient (Wildman–Crippen LogP) is 5.12. The largest absolute Gasteiger partial charge is 0.490 e. The van der Waals surface area contributed by atoms with Crippen LogP contribution in [0.5, 0.6) is 11.5 Å². The summed E-state index contributed by atoms with van der Waals surface area (Å²) < 4.78 is 17.7. The van der Waals surface area contributed by atoms with E-state index in [9.17, 15) is 10.1 Å². The van der Waals surface area contributed by atoms with E-state index in [1.165, 1.54) is 0 Å². The van der Waals surface area contributed by atoms with Crippen molar-refractivity contribution < 1.29 is 19.0 Å². The number of hydrogen-bond donors (Lipinski definition) is 1. The first kappa shape index (κ1) is 22.5. The molecule has 1 atom stereocenters. The minimum absolute atomic E-state index is 0.0196. The van der Waals surface area contributed by atoms with Gasteiger partial charge in [0.2, 0.25) is 5.88 Å². The molecule has 1 aliphatic heterocycles. The Bertz CT molecular complexity index is 1170. The molecule has 33 heavy (non-hydrogen) atoms. The first-order chi connectivity index (χ1) is 15.8. The summed E-state index contributed by atoms with van der Waals surface area (Å²) in [5.74, 6) is 1.14. The molecule has 0 fully saturated rings. The standard InChI is InChI=1S/C27H28N2O4/c1-4-31-22-12-18(10-11-21(22)32-16-17-8-6-5-7-9-17)24-19(15-28)26(29)33-23-14-27(2,3)13-20(30)25(23)24/h5-12,24H,4,13-14,16,29H2,1-3H3/t24-/m0/s1. The number of ether oxygens (including phenoxy) is 3. The van der Waals surface area contributed by atoms with Crippen molar-refractivity contribution in [1.29, 1.82) is 5.26 Å². The van der Waals surface area contributed by atoms with Crippen molar-refractivity contribution in [2.24, 2.45) is 11.1 Å². The smallest absolute Gasteiger partial charge is 0.205 e. The van der Waals surface area contributed by atoms with Gasteiger partial charge in [-0.05, 0) is 35.6 Å². The van der Waals surface area contributed by atoms with Gasteiger partial charge < -0.3 is 19.9 Å². The van der Waals surface area contributed by atoms with E-state index >= 15 is 0 Å². The predicted molar refractivity (Wildman–Crippen MR) is 124 cm³/mol. The van der Waals surface area contributed by atoms with Crippen molar-refractivity contribution in [3.63, 3.8) is 0 Å². The highest BCUT2D eigenvalue weighted by Gasteiger charge is 2.43. The van der Waals surface area contributed by atoms with Crippen molar-refractivity contribution in [2.75, 3.05) is 6.61 Å². The Morgan fingerprint density at radius 1 is 1.12 bits per heavy atom. The van der Waals surface area contributed by atoms with Crippen LogP contribution < -0.4 is 15.2 Å². The van der Waals surface area contributed by atoms with Crippen LogP contribution in [0, 0.1) is 16.7 Å². The fourth-order valence-electron chi connectivity index (χ4n) is 4.45. The summed E-state index contributed by atoms with van der Waals surface area (Å²) in [6.07, 6.45) is 0.974. The maximum absolute atomic E-state index is 13.2. The number of rotatable bonds is 6. The van der Waals surface area contributed by atoms with Crippen LogP contribution in [-0.4, -0.2) is 12.4 Å². The van der Waals surface area contributed by atoms with Gasteiger partial charge in [-0.3, -0.25) is 4.79 Å². The van der Waals surface area contributed by atoms with Crippen molar-refractivity contribution in [2.45, 2.75) is 46.1 Å². The molecule has 1 aliphatic carbocycles. The number of ketones is 1. The lowest BCUT2D eigenvalue weighted by Gasteiger charge is -2.37. The molecule has 170 valence electrons. The summed E-state index contributed by atoms with van der Waals surface area (Å²) in [6.45, 7) is 6.80. The van der Waals surface area contributed by atoms with Gasteiger partial charge in [-0.2, -0.15) is 5.26 Å². The average molecular weight is 445 g/mol. The van der Waals surface area contributed by atoms with Crippen molar-refractivity contribution in [3.8, 4) is 17.6 Å². The van der Waals surface area contributed by atoms with Crippen LogP contribution >= 0.6 is 0 Å². The summed E-state index contributed by atoms with van der Waals surface area (Å²) in [7, 11) is 0. The molecule has 0 bridgehead atoms. The van der Waals surface area contributed by atoms with Crippen LogP contribution in [0.15, 0.2) is 71.3 Å². The zero-order valence-corrected chi connectivity index (χ0v) is 19.2. The van der Waals surface area contributed by atoms with E-state index in [1.54, 1.807) is 0 Å². The monoisotopic (exact) mass is 444 g/mol. The average Bonchev–Trinajstić information content (AvgIpc) is 2.77. The molecule has 1 heterocycles. The topological polar surface area (TPSA) is 94.6 Å². The number of carbonyl (C=O) groups excluding carboxylic acids is 1. The summed E-state index contributed by atoms with van der Waals surface area (Å²) in [6, 6.07) is 17.6. The van der Waals surface area contributed by atoms with Crippen LogP contribution in [-0.2, 0) is 16.1 Å². The van der Waals surface area contributed by atoms with Crippen LogP contribution in [0.2, 0.25) is 0 Å². The lowest BCUT2D eigenvalue weighted by Crippen LogP contribution is -2.33. The Kier molecular flexibility index (Phi) is 6.15. The fourth-order valence-corrected chi connectivity index (χ4v) is 4.45. The molecule has 0 radical (unpaired) electrons. The van der Waals surface area contributed by atoms with Gasteiger partial charge in [0.15, 0.2) is 17.3 Å². The minimum atomic E-state index is -0.593. The Balaban J connectivity index is 1.73. The van der Waals surface area contributed by atoms with Gasteiger partial charge in [0.05, 0.1) is 12.5 Å². The molecule has 6 nitrogen and oxygen atoms in total. The number of hydrogen-bond acceptors (Lipinski definition) is 6. The molecule has 0 aromatic heterocycles. The molecule has 0 saturated heterocycles. The summed E-state index contributed by atoms with van der Waals surface area (Å²) in [4.78, 5) is 13.2. The second-order valence-electron chi connectivity index (χ2n) is 9.12. The zero-order chi connectivity index (χ0) is 23.6. The lowest BCUT2D eigenvalue weighted by molar-refractivity contribution is -0.119. The summed E-state index contributed by atoms with van der Waals surface area (Å²) >= 11 is 0. The van der Waals surface area contributed by atoms with E-state index < -0.39 is 5.92 Å². The second-order valence-corrected chi connectivity index (χ2v) is 9.12. The quantitative estimate of drug-likeness (QED) is 0.665. The van der Waals surface area contributed by atoms with E-state index in [-0.39, 0.29) is 22.7 Å². The number of benzene rings is 2. The molecule has 2 aromatic carbocycles. The maximum atomic E-state index is 13.2. The molecule has 0 unspecified atom stereocenters. The van der Waals surface area contributed by atoms with Gasteiger partial charge in [0.25, 0.3) is 0 Å². The first-order valence-corrected chi connectivity index (χ1v) is 11.1. The van der Waals surface area contributed by atoms with Gasteiger partial charge in [-0.1, -0.05) is 50.2 Å². The molecular formula is C27H28N2O4. The lowest BCUT2D eigenvalue weighted by atomic mass is 9.70. The zero-order valence-electron chi connectivity index (χ0n) is 19.2. The van der Waals surface area contributed by atoms with E-state index in [4.69, 9.17) is 19.9 Å². The van der Waals surface area contributed by atoms with Gasteiger partial charge in [-0.25, -0.2) is 0 Å². The van der Waals surface area contributed by atoms with Crippen LogP contribution in [0.25, 0.3) is 0 Å².